The van der Waals surface area contributed by atoms with Gasteiger partial charge in [-0.15, -0.1) is 0 Å². The molecule has 13 heteroatoms. The van der Waals surface area contributed by atoms with Crippen molar-refractivity contribution < 1.29 is 27.5 Å². The van der Waals surface area contributed by atoms with Crippen LogP contribution in [-0.4, -0.2) is 68.1 Å². The van der Waals surface area contributed by atoms with Gasteiger partial charge in [0.2, 0.25) is 0 Å². The zero-order chi connectivity index (χ0) is 27.0. The van der Waals surface area contributed by atoms with E-state index in [1.165, 1.54) is 18.5 Å². The Labute approximate surface area is 211 Å². The summed E-state index contributed by atoms with van der Waals surface area (Å²) in [7, 11) is 0. The van der Waals surface area contributed by atoms with Crippen LogP contribution in [0.15, 0.2) is 30.6 Å². The molecule has 0 aliphatic carbocycles. The number of hydrogen-bond donors (Lipinski definition) is 2. The first-order valence-electron chi connectivity index (χ1n) is 11.7. The third-order valence-corrected chi connectivity index (χ3v) is 5.76. The Balaban J connectivity index is 1.68. The summed E-state index contributed by atoms with van der Waals surface area (Å²) in [5.41, 5.74) is 6.88. The van der Waals surface area contributed by atoms with Gasteiger partial charge in [0, 0.05) is 24.2 Å². The topological polar surface area (TPSA) is 128 Å². The van der Waals surface area contributed by atoms with Crippen LogP contribution in [0.25, 0.3) is 22.3 Å². The number of aromatic nitrogens is 4. The lowest BCUT2D eigenvalue weighted by Crippen LogP contribution is -2.43. The average molecular weight is 520 g/mol. The van der Waals surface area contributed by atoms with Crippen molar-refractivity contribution in [3.05, 3.63) is 36.2 Å². The lowest BCUT2D eigenvalue weighted by molar-refractivity contribution is -0.123. The van der Waals surface area contributed by atoms with Crippen LogP contribution in [0.5, 0.6) is 0 Å². The number of piperidine rings is 1. The molecule has 1 atom stereocenters. The molecule has 1 aromatic carbocycles. The molecule has 2 amide bonds. The minimum Gasteiger partial charge on any atom is -0.444 e. The number of nitrogens with zero attached hydrogens (tertiary/aromatic N) is 5. The first-order chi connectivity index (χ1) is 17.3. The van der Waals surface area contributed by atoms with Gasteiger partial charge in [0.1, 0.15) is 30.0 Å². The summed E-state index contributed by atoms with van der Waals surface area (Å²) in [5.74, 6) is -0.703. The number of amides is 2. The van der Waals surface area contributed by atoms with Crippen molar-refractivity contribution in [1.82, 2.24) is 30.0 Å². The van der Waals surface area contributed by atoms with E-state index in [1.807, 2.05) is 5.32 Å². The number of fused-ring (bicyclic) bond motifs is 1. The van der Waals surface area contributed by atoms with Crippen molar-refractivity contribution in [1.29, 1.82) is 0 Å². The van der Waals surface area contributed by atoms with E-state index in [9.17, 15) is 22.8 Å². The van der Waals surface area contributed by atoms with E-state index in [1.54, 1.807) is 42.5 Å². The van der Waals surface area contributed by atoms with Gasteiger partial charge in [-0.25, -0.2) is 19.4 Å². The highest BCUT2D eigenvalue weighted by Crippen LogP contribution is 2.34. The van der Waals surface area contributed by atoms with Gasteiger partial charge in [0.15, 0.2) is 5.65 Å². The maximum Gasteiger partial charge on any atom is 0.410 e. The largest absolute Gasteiger partial charge is 0.444 e. The van der Waals surface area contributed by atoms with E-state index < -0.39 is 30.3 Å². The molecule has 1 fully saturated rings. The molecule has 3 aromatic rings. The molecule has 0 spiro atoms. The summed E-state index contributed by atoms with van der Waals surface area (Å²) in [6.07, 6.45) is -2.19. The summed E-state index contributed by atoms with van der Waals surface area (Å²) < 4.78 is 44.8. The highest BCUT2D eigenvalue weighted by molar-refractivity contribution is 6.00. The number of benzene rings is 1. The molecular formula is C24H28F3N7O3. The van der Waals surface area contributed by atoms with E-state index in [0.29, 0.717) is 35.4 Å². The van der Waals surface area contributed by atoms with Crippen LogP contribution in [0, 0.1) is 0 Å². The molecule has 2 aromatic heterocycles. The van der Waals surface area contributed by atoms with E-state index in [0.717, 1.165) is 12.8 Å². The predicted octanol–water partition coefficient (Wildman–Crippen LogP) is 3.94. The molecule has 0 bridgehead atoms. The molecule has 1 saturated heterocycles. The fourth-order valence-corrected chi connectivity index (χ4v) is 4.19. The number of alkyl halides is 3. The highest BCUT2D eigenvalue weighted by Gasteiger charge is 2.31. The molecule has 1 aliphatic heterocycles. The average Bonchev–Trinajstić information content (AvgIpc) is 3.22. The van der Waals surface area contributed by atoms with Crippen molar-refractivity contribution in [2.75, 3.05) is 25.4 Å². The monoisotopic (exact) mass is 519 g/mol. The number of halogens is 3. The molecule has 1 aliphatic rings. The number of nitrogen functional groups attached to an aromatic ring is 1. The molecule has 0 unspecified atom stereocenters. The van der Waals surface area contributed by atoms with E-state index in [4.69, 9.17) is 15.6 Å². The lowest BCUT2D eigenvalue weighted by atomic mass is 10.1. The summed E-state index contributed by atoms with van der Waals surface area (Å²) in [6, 6.07) is 5.84. The third-order valence-electron chi connectivity index (χ3n) is 5.76. The quantitative estimate of drug-likeness (QED) is 0.534. The number of likely N-dealkylation sites (tertiary alicyclic amines) is 1. The van der Waals surface area contributed by atoms with E-state index in [2.05, 4.69) is 9.97 Å². The zero-order valence-corrected chi connectivity index (χ0v) is 20.7. The smallest absolute Gasteiger partial charge is 0.410 e. The zero-order valence-electron chi connectivity index (χ0n) is 20.7. The Bertz CT molecular complexity index is 1320. The Morgan fingerprint density at radius 1 is 1.22 bits per heavy atom. The normalized spacial score (nSPS) is 16.6. The molecule has 4 rings (SSSR count). The van der Waals surface area contributed by atoms with Gasteiger partial charge < -0.3 is 20.7 Å². The van der Waals surface area contributed by atoms with Crippen LogP contribution < -0.4 is 11.1 Å². The number of hydrogen-bond acceptors (Lipinski definition) is 7. The van der Waals surface area contributed by atoms with Crippen LogP contribution in [0.2, 0.25) is 0 Å². The van der Waals surface area contributed by atoms with Crippen molar-refractivity contribution in [3.63, 3.8) is 0 Å². The minimum absolute atomic E-state index is 0.0358. The summed E-state index contributed by atoms with van der Waals surface area (Å²) in [5, 5.41) is 7.06. The second-order valence-corrected chi connectivity index (χ2v) is 9.85. The second-order valence-electron chi connectivity index (χ2n) is 9.85. The number of ether oxygens (including phenoxy) is 1. The number of nitrogens with one attached hydrogen (secondary N) is 1. The van der Waals surface area contributed by atoms with Crippen LogP contribution in [0.3, 0.4) is 0 Å². The number of carbonyl (C=O) groups is 2. The van der Waals surface area contributed by atoms with Crippen LogP contribution >= 0.6 is 0 Å². The maximum absolute atomic E-state index is 12.7. The van der Waals surface area contributed by atoms with Gasteiger partial charge >= 0.3 is 12.3 Å². The molecule has 3 heterocycles. The molecule has 37 heavy (non-hydrogen) atoms. The first kappa shape index (κ1) is 26.2. The summed E-state index contributed by atoms with van der Waals surface area (Å²) >= 11 is 0. The Morgan fingerprint density at radius 2 is 1.97 bits per heavy atom. The SMILES string of the molecule is CC(C)(C)OC(=O)N1CCC[C@@H](n2nc(-c3cccc(C(=O)NCC(F)(F)F)c3)c3c(N)ncnc32)C1. The van der Waals surface area contributed by atoms with Crippen molar-refractivity contribution in [2.24, 2.45) is 0 Å². The maximum atomic E-state index is 12.7. The Hall–Kier alpha value is -3.90. The lowest BCUT2D eigenvalue weighted by Gasteiger charge is -2.34. The highest BCUT2D eigenvalue weighted by atomic mass is 19.4. The summed E-state index contributed by atoms with van der Waals surface area (Å²) in [6.45, 7) is 4.85. The molecule has 3 N–H and O–H groups in total. The molecule has 10 nitrogen and oxygen atoms in total. The molecule has 198 valence electrons. The standard InChI is InChI=1S/C24H28F3N7O3/c1-23(2,3)37-22(36)33-9-5-8-16(11-33)34-20-17(19(28)30-13-31-20)18(32-34)14-6-4-7-15(10-14)21(35)29-12-24(25,26)27/h4,6-7,10,13,16H,5,8-9,11-12H2,1-3H3,(H,29,35)(H2,28,30,31)/t16-/m1/s1. The number of rotatable bonds is 4. The van der Waals surface area contributed by atoms with Gasteiger partial charge in [-0.1, -0.05) is 12.1 Å². The molecular weight excluding hydrogens is 491 g/mol. The molecule has 0 saturated carbocycles. The van der Waals surface area contributed by atoms with Crippen molar-refractivity contribution in [2.45, 2.75) is 51.4 Å². The number of anilines is 1. The number of nitrogens with two attached hydrogens (primary N) is 1. The fourth-order valence-electron chi connectivity index (χ4n) is 4.19. The first-order valence-corrected chi connectivity index (χ1v) is 11.7. The van der Waals surface area contributed by atoms with Gasteiger partial charge in [-0.3, -0.25) is 4.79 Å². The van der Waals surface area contributed by atoms with Crippen molar-refractivity contribution in [3.8, 4) is 11.3 Å². The van der Waals surface area contributed by atoms with Gasteiger partial charge in [-0.05, 0) is 45.7 Å². The van der Waals surface area contributed by atoms with Crippen molar-refractivity contribution >= 4 is 28.9 Å². The van der Waals surface area contributed by atoms with Crippen LogP contribution in [0.4, 0.5) is 23.8 Å². The predicted molar refractivity (Wildman–Crippen MR) is 130 cm³/mol. The summed E-state index contributed by atoms with van der Waals surface area (Å²) in [4.78, 5) is 35.1. The second kappa shape index (κ2) is 9.87. The van der Waals surface area contributed by atoms with Gasteiger partial charge in [0.25, 0.3) is 5.91 Å². The Kier molecular flexibility index (Phi) is 6.98. The van der Waals surface area contributed by atoms with E-state index >= 15 is 0 Å². The molecule has 0 radical (unpaired) electrons. The third kappa shape index (κ3) is 6.09. The van der Waals surface area contributed by atoms with E-state index in [-0.39, 0.29) is 17.4 Å². The minimum atomic E-state index is -4.53. The number of carbonyl (C=O) groups excluding carboxylic acids is 2. The van der Waals surface area contributed by atoms with Gasteiger partial charge in [0.05, 0.1) is 11.4 Å². The fraction of sp³-hybridized carbons (Fsp3) is 0.458. The Morgan fingerprint density at radius 3 is 2.68 bits per heavy atom. The van der Waals surface area contributed by atoms with Crippen LogP contribution in [-0.2, 0) is 4.74 Å². The van der Waals surface area contributed by atoms with Crippen LogP contribution in [0.1, 0.15) is 50.0 Å². The van der Waals surface area contributed by atoms with Gasteiger partial charge in [-0.2, -0.15) is 18.3 Å².